The molecule has 0 fully saturated rings. The summed E-state index contributed by atoms with van der Waals surface area (Å²) in [6.07, 6.45) is 1.74. The van der Waals surface area contributed by atoms with E-state index in [2.05, 4.69) is 32.9 Å². The van der Waals surface area contributed by atoms with Crippen molar-refractivity contribution in [2.45, 2.75) is 32.8 Å². The zero-order valence-electron chi connectivity index (χ0n) is 17.2. The van der Waals surface area contributed by atoms with Crippen LogP contribution in [0.4, 0.5) is 4.39 Å². The van der Waals surface area contributed by atoms with Crippen LogP contribution in [0.3, 0.4) is 0 Å². The van der Waals surface area contributed by atoms with Crippen LogP contribution in [0, 0.1) is 5.82 Å². The van der Waals surface area contributed by atoms with Gasteiger partial charge in [0.15, 0.2) is 5.76 Å². The smallest absolute Gasteiger partial charge is 0.231 e. The van der Waals surface area contributed by atoms with Crippen LogP contribution in [0.1, 0.15) is 47.8 Å². The van der Waals surface area contributed by atoms with E-state index < -0.39 is 0 Å². The standard InChI is InChI=1S/C26H23FO3/c1-26(2,3)19-10-8-17(9-11-19)14-24-25(28)21-13-12-20(15-23(21)30-24)29-16-18-6-4-5-7-22(18)27/h4-15H,16H2,1-3H3. The first-order valence-electron chi connectivity index (χ1n) is 9.86. The van der Waals surface area contributed by atoms with Gasteiger partial charge in [0.25, 0.3) is 0 Å². The van der Waals surface area contributed by atoms with E-state index in [1.165, 1.54) is 11.6 Å². The molecule has 1 heterocycles. The number of halogens is 1. The second-order valence-electron chi connectivity index (χ2n) is 8.35. The number of carbonyl (C=O) groups is 1. The van der Waals surface area contributed by atoms with E-state index >= 15 is 0 Å². The Balaban J connectivity index is 1.50. The topological polar surface area (TPSA) is 35.5 Å². The quantitative estimate of drug-likeness (QED) is 0.479. The molecule has 0 atom stereocenters. The van der Waals surface area contributed by atoms with E-state index in [1.54, 1.807) is 42.5 Å². The molecule has 30 heavy (non-hydrogen) atoms. The summed E-state index contributed by atoms with van der Waals surface area (Å²) in [6, 6.07) is 19.6. The van der Waals surface area contributed by atoms with Crippen molar-refractivity contribution in [3.63, 3.8) is 0 Å². The summed E-state index contributed by atoms with van der Waals surface area (Å²) in [5, 5.41) is 0. The highest BCUT2D eigenvalue weighted by molar-refractivity contribution is 6.14. The van der Waals surface area contributed by atoms with Gasteiger partial charge in [0.1, 0.15) is 23.9 Å². The maximum absolute atomic E-state index is 13.8. The molecule has 3 aromatic rings. The Kier molecular flexibility index (Phi) is 5.17. The molecule has 152 valence electrons. The van der Waals surface area contributed by atoms with Crippen LogP contribution >= 0.6 is 0 Å². The van der Waals surface area contributed by atoms with Gasteiger partial charge in [0.2, 0.25) is 5.78 Å². The first-order chi connectivity index (χ1) is 14.3. The van der Waals surface area contributed by atoms with Gasteiger partial charge in [-0.05, 0) is 40.8 Å². The number of rotatable bonds is 4. The maximum atomic E-state index is 13.8. The van der Waals surface area contributed by atoms with Crippen molar-refractivity contribution in [3.05, 3.63) is 101 Å². The molecule has 0 N–H and O–H groups in total. The number of Topliss-reactive ketones (excluding diaryl/α,β-unsaturated/α-hetero) is 1. The number of allylic oxidation sites excluding steroid dienone is 1. The molecular weight excluding hydrogens is 379 g/mol. The second-order valence-corrected chi connectivity index (χ2v) is 8.35. The van der Waals surface area contributed by atoms with Gasteiger partial charge in [-0.25, -0.2) is 4.39 Å². The lowest BCUT2D eigenvalue weighted by Gasteiger charge is -2.18. The number of carbonyl (C=O) groups excluding carboxylic acids is 1. The van der Waals surface area contributed by atoms with Crippen LogP contribution in [0.15, 0.2) is 72.5 Å². The molecule has 3 aromatic carbocycles. The van der Waals surface area contributed by atoms with Gasteiger partial charge < -0.3 is 9.47 Å². The third kappa shape index (κ3) is 4.13. The normalized spacial score (nSPS) is 14.5. The number of benzene rings is 3. The lowest BCUT2D eigenvalue weighted by atomic mass is 9.86. The van der Waals surface area contributed by atoms with Crippen molar-refractivity contribution in [2.75, 3.05) is 0 Å². The van der Waals surface area contributed by atoms with Crippen molar-refractivity contribution in [3.8, 4) is 11.5 Å². The molecule has 0 unspecified atom stereocenters. The summed E-state index contributed by atoms with van der Waals surface area (Å²) in [4.78, 5) is 12.7. The van der Waals surface area contributed by atoms with E-state index in [0.717, 1.165) is 5.56 Å². The number of ketones is 1. The minimum Gasteiger partial charge on any atom is -0.489 e. The summed E-state index contributed by atoms with van der Waals surface area (Å²) in [5.74, 6) is 0.766. The van der Waals surface area contributed by atoms with Gasteiger partial charge in [-0.1, -0.05) is 63.2 Å². The fourth-order valence-electron chi connectivity index (χ4n) is 3.26. The van der Waals surface area contributed by atoms with Crippen molar-refractivity contribution < 1.29 is 18.7 Å². The average molecular weight is 402 g/mol. The third-order valence-electron chi connectivity index (χ3n) is 5.07. The van der Waals surface area contributed by atoms with Gasteiger partial charge >= 0.3 is 0 Å². The summed E-state index contributed by atoms with van der Waals surface area (Å²) in [5.41, 5.74) is 3.15. The van der Waals surface area contributed by atoms with Crippen molar-refractivity contribution in [2.24, 2.45) is 0 Å². The fourth-order valence-corrected chi connectivity index (χ4v) is 3.26. The molecule has 1 aliphatic rings. The number of ether oxygens (including phenoxy) is 2. The van der Waals surface area contributed by atoms with E-state index in [1.807, 2.05) is 12.1 Å². The van der Waals surface area contributed by atoms with Gasteiger partial charge in [-0.15, -0.1) is 0 Å². The summed E-state index contributed by atoms with van der Waals surface area (Å²) in [7, 11) is 0. The van der Waals surface area contributed by atoms with Crippen LogP contribution in [-0.2, 0) is 12.0 Å². The lowest BCUT2D eigenvalue weighted by Crippen LogP contribution is -2.10. The Morgan fingerprint density at radius 2 is 1.73 bits per heavy atom. The zero-order chi connectivity index (χ0) is 21.3. The Morgan fingerprint density at radius 1 is 1.00 bits per heavy atom. The molecule has 0 bridgehead atoms. The molecule has 0 aromatic heterocycles. The highest BCUT2D eigenvalue weighted by Crippen LogP contribution is 2.35. The van der Waals surface area contributed by atoms with Crippen LogP contribution in [0.5, 0.6) is 11.5 Å². The predicted octanol–water partition coefficient (Wildman–Crippen LogP) is 6.32. The summed E-state index contributed by atoms with van der Waals surface area (Å²) < 4.78 is 25.2. The van der Waals surface area contributed by atoms with Crippen LogP contribution in [0.2, 0.25) is 0 Å². The maximum Gasteiger partial charge on any atom is 0.231 e. The fraction of sp³-hybridized carbons (Fsp3) is 0.192. The van der Waals surface area contributed by atoms with Gasteiger partial charge in [0, 0.05) is 11.6 Å². The second kappa shape index (κ2) is 7.79. The zero-order valence-corrected chi connectivity index (χ0v) is 17.2. The molecule has 4 rings (SSSR count). The molecular formula is C26H23FO3. The van der Waals surface area contributed by atoms with E-state index in [9.17, 15) is 9.18 Å². The van der Waals surface area contributed by atoms with Crippen LogP contribution < -0.4 is 9.47 Å². The summed E-state index contributed by atoms with van der Waals surface area (Å²) >= 11 is 0. The molecule has 0 aliphatic carbocycles. The Morgan fingerprint density at radius 3 is 2.43 bits per heavy atom. The highest BCUT2D eigenvalue weighted by atomic mass is 19.1. The molecule has 0 saturated carbocycles. The summed E-state index contributed by atoms with van der Waals surface area (Å²) in [6.45, 7) is 6.58. The van der Waals surface area contributed by atoms with Gasteiger partial charge in [-0.2, -0.15) is 0 Å². The first-order valence-corrected chi connectivity index (χ1v) is 9.86. The number of fused-ring (bicyclic) bond motifs is 1. The third-order valence-corrected chi connectivity index (χ3v) is 5.07. The van der Waals surface area contributed by atoms with Gasteiger partial charge in [-0.3, -0.25) is 4.79 Å². The SMILES string of the molecule is CC(C)(C)c1ccc(C=C2Oc3cc(OCc4ccccc4F)ccc3C2=O)cc1. The molecule has 3 nitrogen and oxygen atoms in total. The Labute approximate surface area is 175 Å². The number of hydrogen-bond donors (Lipinski definition) is 0. The van der Waals surface area contributed by atoms with Crippen LogP contribution in [0.25, 0.3) is 6.08 Å². The first kappa shape index (κ1) is 19.9. The van der Waals surface area contributed by atoms with Crippen LogP contribution in [-0.4, -0.2) is 5.78 Å². The van der Waals surface area contributed by atoms with Crippen molar-refractivity contribution >= 4 is 11.9 Å². The molecule has 0 radical (unpaired) electrons. The van der Waals surface area contributed by atoms with Crippen molar-refractivity contribution in [1.82, 2.24) is 0 Å². The minimum atomic E-state index is -0.312. The largest absolute Gasteiger partial charge is 0.489 e. The Bertz CT molecular complexity index is 1120. The average Bonchev–Trinajstić information content (AvgIpc) is 3.02. The predicted molar refractivity (Wildman–Crippen MR) is 115 cm³/mol. The lowest BCUT2D eigenvalue weighted by molar-refractivity contribution is 0.101. The van der Waals surface area contributed by atoms with E-state index in [-0.39, 0.29) is 29.4 Å². The van der Waals surface area contributed by atoms with Gasteiger partial charge in [0.05, 0.1) is 5.56 Å². The molecule has 1 aliphatic heterocycles. The van der Waals surface area contributed by atoms with Crippen molar-refractivity contribution in [1.29, 1.82) is 0 Å². The number of hydrogen-bond acceptors (Lipinski definition) is 3. The molecule has 4 heteroatoms. The Hall–Kier alpha value is -3.40. The minimum absolute atomic E-state index is 0.0701. The molecule has 0 spiro atoms. The highest BCUT2D eigenvalue weighted by Gasteiger charge is 2.27. The van der Waals surface area contributed by atoms with E-state index in [4.69, 9.17) is 9.47 Å². The monoisotopic (exact) mass is 402 g/mol. The molecule has 0 amide bonds. The van der Waals surface area contributed by atoms with E-state index in [0.29, 0.717) is 22.6 Å². The molecule has 0 saturated heterocycles.